The first kappa shape index (κ1) is 15.3. The Morgan fingerprint density at radius 3 is 2.67 bits per heavy atom. The zero-order chi connectivity index (χ0) is 15.4. The fraction of sp³-hybridized carbons (Fsp3) is 0.412. The Kier molecular flexibility index (Phi) is 4.78. The molecule has 2 rings (SSSR count). The smallest absolute Gasteiger partial charge is 0.328 e. The lowest BCUT2D eigenvalue weighted by Crippen LogP contribution is -2.24. The van der Waals surface area contributed by atoms with E-state index >= 15 is 0 Å². The Morgan fingerprint density at radius 1 is 1.29 bits per heavy atom. The normalized spacial score (nSPS) is 21.6. The summed E-state index contributed by atoms with van der Waals surface area (Å²) in [4.78, 5) is 22.9. The van der Waals surface area contributed by atoms with Crippen LogP contribution >= 0.6 is 0 Å². The standard InChI is InChI=1S/C17H21NO3/c1-11-8-13(6-7-16(19)20)10-14(9-11)18-17(21)15-5-3-4-12(15)2/h6-10,12,15H,3-5H2,1-2H3,(H,18,21)(H,19,20)/b7-6+. The molecule has 112 valence electrons. The maximum atomic E-state index is 12.3. The molecule has 0 radical (unpaired) electrons. The Morgan fingerprint density at radius 2 is 2.05 bits per heavy atom. The van der Waals surface area contributed by atoms with Gasteiger partial charge in [-0.15, -0.1) is 0 Å². The van der Waals surface area contributed by atoms with E-state index in [1.165, 1.54) is 6.08 Å². The maximum Gasteiger partial charge on any atom is 0.328 e. The third-order valence-electron chi connectivity index (χ3n) is 3.98. The fourth-order valence-electron chi connectivity index (χ4n) is 2.92. The minimum absolute atomic E-state index is 0.0683. The number of carbonyl (C=O) groups excluding carboxylic acids is 1. The molecular weight excluding hydrogens is 266 g/mol. The van der Waals surface area contributed by atoms with E-state index in [0.717, 1.165) is 42.2 Å². The van der Waals surface area contributed by atoms with Crippen LogP contribution < -0.4 is 5.32 Å². The van der Waals surface area contributed by atoms with Crippen LogP contribution in [-0.2, 0) is 9.59 Å². The number of hydrogen-bond donors (Lipinski definition) is 2. The van der Waals surface area contributed by atoms with Crippen LogP contribution in [0.25, 0.3) is 6.08 Å². The summed E-state index contributed by atoms with van der Waals surface area (Å²) in [6, 6.07) is 5.58. The van der Waals surface area contributed by atoms with Crippen molar-refractivity contribution in [2.75, 3.05) is 5.32 Å². The average molecular weight is 287 g/mol. The molecule has 0 bridgehead atoms. The minimum atomic E-state index is -0.984. The van der Waals surface area contributed by atoms with Crippen LogP contribution in [0.1, 0.15) is 37.3 Å². The van der Waals surface area contributed by atoms with Crippen LogP contribution in [0.15, 0.2) is 24.3 Å². The third kappa shape index (κ3) is 4.18. The van der Waals surface area contributed by atoms with Crippen molar-refractivity contribution in [3.05, 3.63) is 35.4 Å². The maximum absolute atomic E-state index is 12.3. The SMILES string of the molecule is Cc1cc(/C=C/C(=O)O)cc(NC(=O)C2CCCC2C)c1. The van der Waals surface area contributed by atoms with E-state index in [9.17, 15) is 9.59 Å². The number of carboxylic acid groups (broad SMARTS) is 1. The van der Waals surface area contributed by atoms with Gasteiger partial charge in [0, 0.05) is 17.7 Å². The highest BCUT2D eigenvalue weighted by molar-refractivity contribution is 5.93. The van der Waals surface area contributed by atoms with E-state index in [-0.39, 0.29) is 11.8 Å². The molecule has 4 heteroatoms. The summed E-state index contributed by atoms with van der Waals surface area (Å²) in [6.45, 7) is 4.04. The van der Waals surface area contributed by atoms with Gasteiger partial charge in [0.15, 0.2) is 0 Å². The number of rotatable bonds is 4. The van der Waals surface area contributed by atoms with E-state index < -0.39 is 5.97 Å². The zero-order valence-electron chi connectivity index (χ0n) is 12.4. The van der Waals surface area contributed by atoms with Crippen molar-refractivity contribution < 1.29 is 14.7 Å². The number of nitrogens with one attached hydrogen (secondary N) is 1. The van der Waals surface area contributed by atoms with Gasteiger partial charge in [0.25, 0.3) is 0 Å². The van der Waals surface area contributed by atoms with Crippen molar-refractivity contribution in [3.63, 3.8) is 0 Å². The monoisotopic (exact) mass is 287 g/mol. The van der Waals surface area contributed by atoms with Crippen molar-refractivity contribution in [1.29, 1.82) is 0 Å². The number of hydrogen-bond acceptors (Lipinski definition) is 2. The van der Waals surface area contributed by atoms with E-state index in [1.807, 2.05) is 19.1 Å². The number of amides is 1. The largest absolute Gasteiger partial charge is 0.478 e. The Hall–Kier alpha value is -2.10. The lowest BCUT2D eigenvalue weighted by atomic mass is 9.97. The topological polar surface area (TPSA) is 66.4 Å². The van der Waals surface area contributed by atoms with Crippen LogP contribution in [0.4, 0.5) is 5.69 Å². The summed E-state index contributed by atoms with van der Waals surface area (Å²) in [5, 5.41) is 11.6. The number of carboxylic acids is 1. The molecule has 2 atom stereocenters. The van der Waals surface area contributed by atoms with E-state index in [0.29, 0.717) is 5.92 Å². The number of aliphatic carboxylic acids is 1. The summed E-state index contributed by atoms with van der Waals surface area (Å²) < 4.78 is 0. The van der Waals surface area contributed by atoms with E-state index in [2.05, 4.69) is 12.2 Å². The lowest BCUT2D eigenvalue weighted by Gasteiger charge is -2.15. The highest BCUT2D eigenvalue weighted by Crippen LogP contribution is 2.32. The quantitative estimate of drug-likeness (QED) is 0.833. The van der Waals surface area contributed by atoms with Gasteiger partial charge in [-0.2, -0.15) is 0 Å². The molecule has 1 amide bonds. The first-order valence-electron chi connectivity index (χ1n) is 7.29. The minimum Gasteiger partial charge on any atom is -0.478 e. The molecule has 0 heterocycles. The number of anilines is 1. The Balaban J connectivity index is 2.12. The molecule has 21 heavy (non-hydrogen) atoms. The van der Waals surface area contributed by atoms with Gasteiger partial charge in [-0.1, -0.05) is 19.4 Å². The van der Waals surface area contributed by atoms with Crippen molar-refractivity contribution in [3.8, 4) is 0 Å². The molecule has 0 aliphatic heterocycles. The van der Waals surface area contributed by atoms with Gasteiger partial charge in [-0.25, -0.2) is 4.79 Å². The van der Waals surface area contributed by atoms with Crippen molar-refractivity contribution in [2.24, 2.45) is 11.8 Å². The molecule has 2 N–H and O–H groups in total. The molecule has 1 aliphatic rings. The molecule has 0 spiro atoms. The van der Waals surface area contributed by atoms with Gasteiger partial charge in [-0.3, -0.25) is 4.79 Å². The lowest BCUT2D eigenvalue weighted by molar-refractivity contribution is -0.131. The molecule has 1 aromatic carbocycles. The highest BCUT2D eigenvalue weighted by atomic mass is 16.4. The molecular formula is C17H21NO3. The van der Waals surface area contributed by atoms with Gasteiger partial charge in [0.1, 0.15) is 0 Å². The molecule has 1 aliphatic carbocycles. The van der Waals surface area contributed by atoms with Crippen LogP contribution in [0.2, 0.25) is 0 Å². The van der Waals surface area contributed by atoms with Gasteiger partial charge >= 0.3 is 5.97 Å². The molecule has 0 aromatic heterocycles. The Labute approximate surface area is 124 Å². The van der Waals surface area contributed by atoms with Crippen molar-refractivity contribution >= 4 is 23.6 Å². The summed E-state index contributed by atoms with van der Waals surface area (Å²) in [5.41, 5.74) is 2.48. The predicted molar refractivity (Wildman–Crippen MR) is 83.0 cm³/mol. The number of benzene rings is 1. The average Bonchev–Trinajstić information content (AvgIpc) is 2.82. The van der Waals surface area contributed by atoms with E-state index in [4.69, 9.17) is 5.11 Å². The first-order chi connectivity index (χ1) is 9.95. The van der Waals surface area contributed by atoms with Gasteiger partial charge in [-0.05, 0) is 55.0 Å². The van der Waals surface area contributed by atoms with Crippen LogP contribution in [0.5, 0.6) is 0 Å². The van der Waals surface area contributed by atoms with Gasteiger partial charge in [0.05, 0.1) is 0 Å². The molecule has 2 unspecified atom stereocenters. The Bertz CT molecular complexity index is 577. The number of aryl methyl sites for hydroxylation is 1. The summed E-state index contributed by atoms with van der Waals surface area (Å²) in [5.74, 6) is -0.398. The molecule has 0 saturated heterocycles. The third-order valence-corrected chi connectivity index (χ3v) is 3.98. The van der Waals surface area contributed by atoms with Crippen LogP contribution in [0, 0.1) is 18.8 Å². The predicted octanol–water partition coefficient (Wildman–Crippen LogP) is 3.47. The molecule has 1 fully saturated rings. The van der Waals surface area contributed by atoms with Crippen molar-refractivity contribution in [1.82, 2.24) is 0 Å². The van der Waals surface area contributed by atoms with Gasteiger partial charge in [0.2, 0.25) is 5.91 Å². The highest BCUT2D eigenvalue weighted by Gasteiger charge is 2.29. The summed E-state index contributed by atoms with van der Waals surface area (Å²) in [7, 11) is 0. The summed E-state index contributed by atoms with van der Waals surface area (Å²) in [6.07, 6.45) is 5.80. The van der Waals surface area contributed by atoms with Crippen LogP contribution in [0.3, 0.4) is 0 Å². The first-order valence-corrected chi connectivity index (χ1v) is 7.29. The molecule has 1 aromatic rings. The summed E-state index contributed by atoms with van der Waals surface area (Å²) >= 11 is 0. The second-order valence-electron chi connectivity index (χ2n) is 5.81. The molecule has 1 saturated carbocycles. The van der Waals surface area contributed by atoms with Gasteiger partial charge < -0.3 is 10.4 Å². The zero-order valence-corrected chi connectivity index (χ0v) is 12.4. The number of carbonyl (C=O) groups is 2. The second kappa shape index (κ2) is 6.57. The second-order valence-corrected chi connectivity index (χ2v) is 5.81. The fourth-order valence-corrected chi connectivity index (χ4v) is 2.92. The molecule has 4 nitrogen and oxygen atoms in total. The van der Waals surface area contributed by atoms with Crippen LogP contribution in [-0.4, -0.2) is 17.0 Å². The van der Waals surface area contributed by atoms with E-state index in [1.54, 1.807) is 6.07 Å². The van der Waals surface area contributed by atoms with Crippen molar-refractivity contribution in [2.45, 2.75) is 33.1 Å².